The molecule has 6 heteroatoms. The molecule has 2 aromatic carbocycles. The zero-order valence-corrected chi connectivity index (χ0v) is 14.0. The van der Waals surface area contributed by atoms with Crippen molar-refractivity contribution in [1.29, 1.82) is 0 Å². The average molecular weight is 334 g/mol. The van der Waals surface area contributed by atoms with Gasteiger partial charge in [0.2, 0.25) is 5.91 Å². The van der Waals surface area contributed by atoms with Gasteiger partial charge in [0.05, 0.1) is 11.4 Å². The molecule has 0 radical (unpaired) electrons. The van der Waals surface area contributed by atoms with E-state index in [0.717, 1.165) is 17.1 Å². The van der Waals surface area contributed by atoms with Gasteiger partial charge in [0, 0.05) is 22.5 Å². The molecule has 0 aliphatic carbocycles. The van der Waals surface area contributed by atoms with Crippen LogP contribution in [0.4, 0.5) is 5.69 Å². The first-order valence-corrected chi connectivity index (χ1v) is 7.79. The van der Waals surface area contributed by atoms with E-state index in [1.54, 1.807) is 41.1 Å². The molecule has 3 N–H and O–H groups in total. The van der Waals surface area contributed by atoms with Gasteiger partial charge in [-0.15, -0.1) is 0 Å². The average Bonchev–Trinajstić information content (AvgIpc) is 2.94. The quantitative estimate of drug-likeness (QED) is 0.769. The molecular formula is C19H18N4O2. The van der Waals surface area contributed by atoms with Crippen molar-refractivity contribution < 1.29 is 9.59 Å². The fourth-order valence-electron chi connectivity index (χ4n) is 2.59. The molecule has 2 amide bonds. The zero-order chi connectivity index (χ0) is 18.0. The second kappa shape index (κ2) is 6.60. The number of carbonyl (C=O) groups is 2. The molecule has 0 saturated heterocycles. The van der Waals surface area contributed by atoms with Gasteiger partial charge in [-0.2, -0.15) is 5.10 Å². The highest BCUT2D eigenvalue weighted by Crippen LogP contribution is 2.16. The lowest BCUT2D eigenvalue weighted by atomic mass is 10.1. The van der Waals surface area contributed by atoms with Crippen molar-refractivity contribution in [1.82, 2.24) is 9.78 Å². The van der Waals surface area contributed by atoms with Gasteiger partial charge in [-0.3, -0.25) is 9.59 Å². The summed E-state index contributed by atoms with van der Waals surface area (Å²) in [6.07, 6.45) is 0. The molecule has 1 heterocycles. The molecule has 0 aliphatic rings. The van der Waals surface area contributed by atoms with Crippen LogP contribution in [-0.4, -0.2) is 21.6 Å². The van der Waals surface area contributed by atoms with E-state index in [-0.39, 0.29) is 5.91 Å². The number of aryl methyl sites for hydroxylation is 2. The third-order valence-electron chi connectivity index (χ3n) is 3.79. The third kappa shape index (κ3) is 3.58. The molecule has 0 spiro atoms. The van der Waals surface area contributed by atoms with Crippen LogP contribution in [0.25, 0.3) is 5.69 Å². The largest absolute Gasteiger partial charge is 0.366 e. The summed E-state index contributed by atoms with van der Waals surface area (Å²) in [6, 6.07) is 15.6. The Morgan fingerprint density at radius 1 is 1.00 bits per heavy atom. The van der Waals surface area contributed by atoms with Crippen LogP contribution < -0.4 is 11.1 Å². The van der Waals surface area contributed by atoms with Crippen LogP contribution in [0.3, 0.4) is 0 Å². The maximum atomic E-state index is 12.5. The monoisotopic (exact) mass is 334 g/mol. The molecule has 0 saturated carbocycles. The van der Waals surface area contributed by atoms with Gasteiger partial charge in [-0.1, -0.05) is 6.07 Å². The summed E-state index contributed by atoms with van der Waals surface area (Å²) < 4.78 is 1.80. The second-order valence-corrected chi connectivity index (χ2v) is 5.78. The van der Waals surface area contributed by atoms with Crippen molar-refractivity contribution in [2.24, 2.45) is 5.73 Å². The summed E-state index contributed by atoms with van der Waals surface area (Å²) in [4.78, 5) is 23.6. The Kier molecular flexibility index (Phi) is 4.35. The number of nitrogens with two attached hydrogens (primary N) is 1. The van der Waals surface area contributed by atoms with Crippen molar-refractivity contribution in [3.63, 3.8) is 0 Å². The minimum Gasteiger partial charge on any atom is -0.366 e. The van der Waals surface area contributed by atoms with Gasteiger partial charge >= 0.3 is 0 Å². The number of primary amides is 1. The van der Waals surface area contributed by atoms with Crippen molar-refractivity contribution in [2.45, 2.75) is 13.8 Å². The second-order valence-electron chi connectivity index (χ2n) is 5.78. The van der Waals surface area contributed by atoms with Crippen LogP contribution >= 0.6 is 0 Å². The minimum atomic E-state index is -0.504. The lowest BCUT2D eigenvalue weighted by Crippen LogP contribution is -2.14. The number of amides is 2. The fourth-order valence-corrected chi connectivity index (χ4v) is 2.59. The molecule has 1 aromatic heterocycles. The highest BCUT2D eigenvalue weighted by molar-refractivity contribution is 6.04. The lowest BCUT2D eigenvalue weighted by Gasteiger charge is -2.09. The molecule has 3 aromatic rings. The number of benzene rings is 2. The van der Waals surface area contributed by atoms with E-state index in [1.807, 2.05) is 32.0 Å². The Morgan fingerprint density at radius 2 is 1.72 bits per heavy atom. The van der Waals surface area contributed by atoms with E-state index < -0.39 is 5.91 Å². The number of aromatic nitrogens is 2. The number of nitrogens with one attached hydrogen (secondary N) is 1. The predicted octanol–water partition coefficient (Wildman–Crippen LogP) is 2.84. The SMILES string of the molecule is Cc1cc(C)n(-c2cccc(C(=O)Nc3ccc(C(N)=O)cc3)c2)n1. The molecule has 25 heavy (non-hydrogen) atoms. The Bertz CT molecular complexity index is 942. The van der Waals surface area contributed by atoms with Gasteiger partial charge in [0.1, 0.15) is 0 Å². The molecule has 3 rings (SSSR count). The Morgan fingerprint density at radius 3 is 2.32 bits per heavy atom. The van der Waals surface area contributed by atoms with Gasteiger partial charge in [-0.25, -0.2) is 4.68 Å². The van der Waals surface area contributed by atoms with E-state index in [9.17, 15) is 9.59 Å². The van der Waals surface area contributed by atoms with E-state index >= 15 is 0 Å². The van der Waals surface area contributed by atoms with Crippen molar-refractivity contribution in [3.8, 4) is 5.69 Å². The number of carbonyl (C=O) groups excluding carboxylic acids is 2. The highest BCUT2D eigenvalue weighted by atomic mass is 16.2. The normalized spacial score (nSPS) is 10.5. The third-order valence-corrected chi connectivity index (χ3v) is 3.79. The fraction of sp³-hybridized carbons (Fsp3) is 0.105. The summed E-state index contributed by atoms with van der Waals surface area (Å²) in [7, 11) is 0. The maximum Gasteiger partial charge on any atom is 0.255 e. The summed E-state index contributed by atoms with van der Waals surface area (Å²) in [5.41, 5.74) is 9.44. The number of hydrogen-bond acceptors (Lipinski definition) is 3. The first-order chi connectivity index (χ1) is 11.9. The van der Waals surface area contributed by atoms with Crippen LogP contribution in [0.1, 0.15) is 32.1 Å². The Labute approximate surface area is 145 Å². The van der Waals surface area contributed by atoms with Crippen molar-refractivity contribution in [3.05, 3.63) is 77.1 Å². The van der Waals surface area contributed by atoms with Crippen LogP contribution in [0.2, 0.25) is 0 Å². The maximum absolute atomic E-state index is 12.5. The van der Waals surface area contributed by atoms with Crippen molar-refractivity contribution >= 4 is 17.5 Å². The molecule has 6 nitrogen and oxygen atoms in total. The number of rotatable bonds is 4. The van der Waals surface area contributed by atoms with E-state index in [1.165, 1.54) is 0 Å². The first-order valence-electron chi connectivity index (χ1n) is 7.79. The van der Waals surface area contributed by atoms with Gasteiger partial charge in [0.15, 0.2) is 0 Å². The summed E-state index contributed by atoms with van der Waals surface area (Å²) >= 11 is 0. The summed E-state index contributed by atoms with van der Waals surface area (Å²) in [6.45, 7) is 3.89. The standard InChI is InChI=1S/C19H18N4O2/c1-12-10-13(2)23(22-12)17-5-3-4-15(11-17)19(25)21-16-8-6-14(7-9-16)18(20)24/h3-11H,1-2H3,(H2,20,24)(H,21,25). The van der Waals surface area contributed by atoms with Crippen LogP contribution in [0, 0.1) is 13.8 Å². The van der Waals surface area contributed by atoms with E-state index in [0.29, 0.717) is 16.8 Å². The molecule has 126 valence electrons. The van der Waals surface area contributed by atoms with Gasteiger partial charge < -0.3 is 11.1 Å². The molecule has 0 atom stereocenters. The molecule has 0 unspecified atom stereocenters. The minimum absolute atomic E-state index is 0.241. The lowest BCUT2D eigenvalue weighted by molar-refractivity contribution is 0.0998. The molecule has 0 aliphatic heterocycles. The summed E-state index contributed by atoms with van der Waals surface area (Å²) in [5.74, 6) is -0.745. The van der Waals surface area contributed by atoms with E-state index in [2.05, 4.69) is 10.4 Å². The van der Waals surface area contributed by atoms with Gasteiger partial charge in [-0.05, 0) is 62.4 Å². The first kappa shape index (κ1) is 16.4. The Hall–Kier alpha value is -3.41. The smallest absolute Gasteiger partial charge is 0.255 e. The molecular weight excluding hydrogens is 316 g/mol. The topological polar surface area (TPSA) is 90.0 Å². The van der Waals surface area contributed by atoms with Crippen LogP contribution in [-0.2, 0) is 0 Å². The highest BCUT2D eigenvalue weighted by Gasteiger charge is 2.10. The zero-order valence-electron chi connectivity index (χ0n) is 14.0. The van der Waals surface area contributed by atoms with Crippen LogP contribution in [0.15, 0.2) is 54.6 Å². The number of anilines is 1. The van der Waals surface area contributed by atoms with Crippen LogP contribution in [0.5, 0.6) is 0 Å². The van der Waals surface area contributed by atoms with Gasteiger partial charge in [0.25, 0.3) is 5.91 Å². The number of hydrogen-bond donors (Lipinski definition) is 2. The van der Waals surface area contributed by atoms with E-state index in [4.69, 9.17) is 5.73 Å². The molecule has 0 fully saturated rings. The Balaban J connectivity index is 1.82. The predicted molar refractivity (Wildman–Crippen MR) is 96.0 cm³/mol. The molecule has 0 bridgehead atoms. The summed E-state index contributed by atoms with van der Waals surface area (Å²) in [5, 5.41) is 7.23. The van der Waals surface area contributed by atoms with Crippen molar-refractivity contribution in [2.75, 3.05) is 5.32 Å². The number of nitrogens with zero attached hydrogens (tertiary/aromatic N) is 2.